The molecular weight excluding hydrogens is 421 g/mol. The maximum Gasteiger partial charge on any atom is 0.263 e. The van der Waals surface area contributed by atoms with Crippen LogP contribution in [-0.2, 0) is 30.6 Å². The fourth-order valence-electron chi connectivity index (χ4n) is 3.64. The lowest BCUT2D eigenvalue weighted by Crippen LogP contribution is -2.28. The summed E-state index contributed by atoms with van der Waals surface area (Å²) >= 11 is 2.86. The minimum absolute atomic E-state index is 0.0430. The number of allylic oxidation sites excluding steroid dienone is 1. The van der Waals surface area contributed by atoms with Gasteiger partial charge in [-0.2, -0.15) is 0 Å². The molecule has 0 spiro atoms. The van der Waals surface area contributed by atoms with Gasteiger partial charge in [0.2, 0.25) is 5.91 Å². The number of aryl methyl sites for hydroxylation is 2. The highest BCUT2D eigenvalue weighted by Crippen LogP contribution is 2.35. The quantitative estimate of drug-likeness (QED) is 0.327. The van der Waals surface area contributed by atoms with Crippen molar-refractivity contribution in [3.8, 4) is 0 Å². The molecule has 0 atom stereocenters. The van der Waals surface area contributed by atoms with Crippen LogP contribution < -0.4 is 10.9 Å². The number of carbonyl (C=O) groups is 1. The monoisotopic (exact) mass is 443 g/mol. The topological polar surface area (TPSA) is 64.0 Å². The van der Waals surface area contributed by atoms with E-state index >= 15 is 0 Å². The van der Waals surface area contributed by atoms with E-state index in [2.05, 4.69) is 11.9 Å². The van der Waals surface area contributed by atoms with Crippen molar-refractivity contribution in [2.75, 3.05) is 12.3 Å². The Morgan fingerprint density at radius 2 is 2.13 bits per heavy atom. The number of halogens is 1. The van der Waals surface area contributed by atoms with E-state index in [9.17, 15) is 14.0 Å². The minimum Gasteiger partial charge on any atom is -0.355 e. The Bertz CT molecular complexity index is 1150. The third-order valence-electron chi connectivity index (χ3n) is 5.08. The van der Waals surface area contributed by atoms with Gasteiger partial charge in [-0.05, 0) is 48.9 Å². The Hall–Kier alpha value is -2.45. The molecule has 0 radical (unpaired) electrons. The second kappa shape index (κ2) is 9.14. The first kappa shape index (κ1) is 20.8. The number of aromatic nitrogens is 2. The van der Waals surface area contributed by atoms with Crippen LogP contribution in [0.3, 0.4) is 0 Å². The molecule has 0 saturated heterocycles. The van der Waals surface area contributed by atoms with Gasteiger partial charge in [-0.25, -0.2) is 9.37 Å². The van der Waals surface area contributed by atoms with Crippen LogP contribution in [0.5, 0.6) is 0 Å². The second-order valence-electron chi connectivity index (χ2n) is 7.15. The van der Waals surface area contributed by atoms with Gasteiger partial charge >= 0.3 is 0 Å². The van der Waals surface area contributed by atoms with Crippen molar-refractivity contribution in [2.45, 2.75) is 37.4 Å². The molecule has 1 aliphatic carbocycles. The fraction of sp³-hybridized carbons (Fsp3) is 0.318. The molecule has 0 bridgehead atoms. The zero-order valence-electron chi connectivity index (χ0n) is 16.4. The standard InChI is InChI=1S/C22H22FN3O2S2/c1-2-12-26-21(28)19-16-4-3-5-17(16)30-20(19)25-22(26)29-13-18(27)24-11-10-14-6-8-15(23)9-7-14/h2,6-9H,1,3-5,10-13H2,(H,24,27). The third kappa shape index (κ3) is 4.34. The minimum atomic E-state index is -0.273. The van der Waals surface area contributed by atoms with Crippen molar-refractivity contribution in [1.29, 1.82) is 0 Å². The summed E-state index contributed by atoms with van der Waals surface area (Å²) in [6, 6.07) is 6.24. The molecule has 0 saturated carbocycles. The first-order valence-corrected chi connectivity index (χ1v) is 11.7. The van der Waals surface area contributed by atoms with Gasteiger partial charge in [0.15, 0.2) is 5.16 Å². The van der Waals surface area contributed by atoms with Crippen LogP contribution in [0.2, 0.25) is 0 Å². The Balaban J connectivity index is 1.43. The lowest BCUT2D eigenvalue weighted by atomic mass is 10.1. The van der Waals surface area contributed by atoms with E-state index in [0.29, 0.717) is 24.7 Å². The van der Waals surface area contributed by atoms with Gasteiger partial charge in [0.05, 0.1) is 11.1 Å². The van der Waals surface area contributed by atoms with E-state index in [4.69, 9.17) is 4.98 Å². The maximum absolute atomic E-state index is 13.1. The number of rotatable bonds is 8. The van der Waals surface area contributed by atoms with E-state index in [1.54, 1.807) is 34.1 Å². The van der Waals surface area contributed by atoms with Crippen LogP contribution in [0.25, 0.3) is 10.2 Å². The Kier molecular flexibility index (Phi) is 6.34. The average molecular weight is 444 g/mol. The Labute approximate surface area is 182 Å². The summed E-state index contributed by atoms with van der Waals surface area (Å²) in [7, 11) is 0. The van der Waals surface area contributed by atoms with Gasteiger partial charge in [0.1, 0.15) is 10.6 Å². The van der Waals surface area contributed by atoms with Crippen LogP contribution >= 0.6 is 23.1 Å². The second-order valence-corrected chi connectivity index (χ2v) is 9.18. The number of amides is 1. The Morgan fingerprint density at radius 1 is 1.33 bits per heavy atom. The van der Waals surface area contributed by atoms with Crippen molar-refractivity contribution >= 4 is 39.2 Å². The molecule has 30 heavy (non-hydrogen) atoms. The number of hydrogen-bond acceptors (Lipinski definition) is 5. The molecule has 1 amide bonds. The summed E-state index contributed by atoms with van der Waals surface area (Å²) in [5.41, 5.74) is 2.07. The highest BCUT2D eigenvalue weighted by atomic mass is 32.2. The molecule has 8 heteroatoms. The molecular formula is C22H22FN3O2S2. The molecule has 0 fully saturated rings. The number of nitrogens with zero attached hydrogens (tertiary/aromatic N) is 2. The molecule has 1 aromatic carbocycles. The van der Waals surface area contributed by atoms with Crippen molar-refractivity contribution < 1.29 is 9.18 Å². The summed E-state index contributed by atoms with van der Waals surface area (Å²) in [6.45, 7) is 4.58. The smallest absolute Gasteiger partial charge is 0.263 e. The summed E-state index contributed by atoms with van der Waals surface area (Å²) in [5, 5.41) is 4.15. The number of thiophene rings is 1. The van der Waals surface area contributed by atoms with E-state index in [1.807, 2.05) is 0 Å². The number of hydrogen-bond donors (Lipinski definition) is 1. The lowest BCUT2D eigenvalue weighted by Gasteiger charge is -2.11. The molecule has 2 heterocycles. The first-order chi connectivity index (χ1) is 14.6. The van der Waals surface area contributed by atoms with Crippen LogP contribution in [0.4, 0.5) is 4.39 Å². The molecule has 4 rings (SSSR count). The average Bonchev–Trinajstić information content (AvgIpc) is 3.31. The van der Waals surface area contributed by atoms with Gasteiger partial charge in [0, 0.05) is 18.0 Å². The zero-order chi connectivity index (χ0) is 21.1. The summed E-state index contributed by atoms with van der Waals surface area (Å²) in [4.78, 5) is 32.1. The van der Waals surface area contributed by atoms with E-state index in [0.717, 1.165) is 40.6 Å². The largest absolute Gasteiger partial charge is 0.355 e. The molecule has 3 aromatic rings. The van der Waals surface area contributed by atoms with Gasteiger partial charge in [-0.15, -0.1) is 17.9 Å². The molecule has 0 unspecified atom stereocenters. The van der Waals surface area contributed by atoms with Crippen molar-refractivity contribution in [3.05, 3.63) is 69.1 Å². The molecule has 156 valence electrons. The molecule has 5 nitrogen and oxygen atoms in total. The summed E-state index contributed by atoms with van der Waals surface area (Å²) < 4.78 is 14.6. The predicted octanol–water partition coefficient (Wildman–Crippen LogP) is 3.72. The summed E-state index contributed by atoms with van der Waals surface area (Å²) in [5.74, 6) is -0.232. The highest BCUT2D eigenvalue weighted by molar-refractivity contribution is 7.99. The molecule has 0 aliphatic heterocycles. The number of carbonyl (C=O) groups excluding carboxylic acids is 1. The number of thioether (sulfide) groups is 1. The van der Waals surface area contributed by atoms with Gasteiger partial charge < -0.3 is 5.32 Å². The van der Waals surface area contributed by atoms with Gasteiger partial charge in [0.25, 0.3) is 5.56 Å². The van der Waals surface area contributed by atoms with Gasteiger partial charge in [-0.3, -0.25) is 14.2 Å². The Morgan fingerprint density at radius 3 is 2.90 bits per heavy atom. The fourth-order valence-corrected chi connectivity index (χ4v) is 5.78. The predicted molar refractivity (Wildman–Crippen MR) is 120 cm³/mol. The molecule has 1 aliphatic rings. The molecule has 2 aromatic heterocycles. The van der Waals surface area contributed by atoms with Crippen LogP contribution in [-0.4, -0.2) is 27.8 Å². The number of nitrogens with one attached hydrogen (secondary N) is 1. The lowest BCUT2D eigenvalue weighted by molar-refractivity contribution is -0.118. The number of benzene rings is 1. The van der Waals surface area contributed by atoms with Crippen LogP contribution in [0, 0.1) is 5.82 Å². The maximum atomic E-state index is 13.1. The van der Waals surface area contributed by atoms with Crippen LogP contribution in [0.1, 0.15) is 22.4 Å². The van der Waals surface area contributed by atoms with E-state index < -0.39 is 0 Å². The summed E-state index contributed by atoms with van der Waals surface area (Å²) in [6.07, 6.45) is 5.34. The van der Waals surface area contributed by atoms with Gasteiger partial charge in [-0.1, -0.05) is 30.0 Å². The van der Waals surface area contributed by atoms with Crippen molar-refractivity contribution in [1.82, 2.24) is 14.9 Å². The highest BCUT2D eigenvalue weighted by Gasteiger charge is 2.23. The normalized spacial score (nSPS) is 12.8. The SMILES string of the molecule is C=CCn1c(SCC(=O)NCCc2ccc(F)cc2)nc2sc3c(c2c1=O)CCC3. The van der Waals surface area contributed by atoms with Crippen molar-refractivity contribution in [2.24, 2.45) is 0 Å². The first-order valence-electron chi connectivity index (χ1n) is 9.86. The van der Waals surface area contributed by atoms with Crippen molar-refractivity contribution in [3.63, 3.8) is 0 Å². The number of fused-ring (bicyclic) bond motifs is 3. The van der Waals surface area contributed by atoms with E-state index in [-0.39, 0.29) is 23.0 Å². The van der Waals surface area contributed by atoms with E-state index in [1.165, 1.54) is 28.8 Å². The molecule has 1 N–H and O–H groups in total. The van der Waals surface area contributed by atoms with Crippen LogP contribution in [0.15, 0.2) is 46.9 Å². The zero-order valence-corrected chi connectivity index (χ0v) is 18.1. The third-order valence-corrected chi connectivity index (χ3v) is 7.25.